The lowest BCUT2D eigenvalue weighted by Crippen LogP contribution is -2.23. The van der Waals surface area contributed by atoms with Crippen molar-refractivity contribution >= 4 is 20.8 Å². The number of hydrogen-bond donors (Lipinski definition) is 1. The summed E-state index contributed by atoms with van der Waals surface area (Å²) < 4.78 is 30.2. The van der Waals surface area contributed by atoms with Crippen LogP contribution in [0, 0.1) is 13.8 Å². The second kappa shape index (κ2) is 7.81. The molecule has 4 aromatic rings. The number of nitrogens with zero attached hydrogens (tertiary/aromatic N) is 2. The molecule has 1 N–H and O–H groups in total. The van der Waals surface area contributed by atoms with E-state index in [-0.39, 0.29) is 11.4 Å². The van der Waals surface area contributed by atoms with Crippen molar-refractivity contribution in [1.29, 1.82) is 0 Å². The predicted octanol–water partition coefficient (Wildman–Crippen LogP) is 4.18. The van der Waals surface area contributed by atoms with Crippen LogP contribution in [0.25, 0.3) is 10.8 Å². The zero-order chi connectivity index (χ0) is 20.4. The Labute approximate surface area is 171 Å². The van der Waals surface area contributed by atoms with Gasteiger partial charge in [0, 0.05) is 12.2 Å². The molecule has 0 bridgehead atoms. The second-order valence-electron chi connectivity index (χ2n) is 7.24. The van der Waals surface area contributed by atoms with E-state index in [1.54, 1.807) is 12.1 Å². The molecule has 0 aliphatic rings. The standard InChI is InChI=1S/C23H23N3O2S/c1-17-12-18(2)26(25-17)16-20-7-5-6-19(13-20)15-24-29(27,28)23-11-10-21-8-3-4-9-22(21)14-23/h3-14,24H,15-16H2,1-2H3. The molecule has 1 aromatic heterocycles. The molecule has 0 atom stereocenters. The number of fused-ring (bicyclic) bond motifs is 1. The van der Waals surface area contributed by atoms with Crippen molar-refractivity contribution in [2.24, 2.45) is 0 Å². The largest absolute Gasteiger partial charge is 0.265 e. The van der Waals surface area contributed by atoms with Crippen LogP contribution in [-0.2, 0) is 23.1 Å². The fourth-order valence-electron chi connectivity index (χ4n) is 3.44. The lowest BCUT2D eigenvalue weighted by Gasteiger charge is -2.10. The molecular formula is C23H23N3O2S. The number of hydrogen-bond acceptors (Lipinski definition) is 3. The fourth-order valence-corrected chi connectivity index (χ4v) is 4.49. The summed E-state index contributed by atoms with van der Waals surface area (Å²) in [6.45, 7) is 4.90. The quantitative estimate of drug-likeness (QED) is 0.523. The normalized spacial score (nSPS) is 11.8. The van der Waals surface area contributed by atoms with E-state index in [1.807, 2.05) is 79.2 Å². The molecule has 0 spiro atoms. The summed E-state index contributed by atoms with van der Waals surface area (Å²) in [6.07, 6.45) is 0. The van der Waals surface area contributed by atoms with Crippen molar-refractivity contribution in [3.8, 4) is 0 Å². The molecule has 0 unspecified atom stereocenters. The summed E-state index contributed by atoms with van der Waals surface area (Å²) in [6, 6.07) is 22.9. The highest BCUT2D eigenvalue weighted by Gasteiger charge is 2.14. The molecule has 0 aliphatic heterocycles. The van der Waals surface area contributed by atoms with Gasteiger partial charge in [-0.25, -0.2) is 13.1 Å². The fraction of sp³-hybridized carbons (Fsp3) is 0.174. The van der Waals surface area contributed by atoms with E-state index in [0.717, 1.165) is 33.3 Å². The Bertz CT molecular complexity index is 1280. The van der Waals surface area contributed by atoms with Gasteiger partial charge in [-0.2, -0.15) is 5.10 Å². The first kappa shape index (κ1) is 19.4. The predicted molar refractivity (Wildman–Crippen MR) is 115 cm³/mol. The summed E-state index contributed by atoms with van der Waals surface area (Å²) in [5, 5.41) is 6.41. The number of rotatable bonds is 6. The number of aryl methyl sites for hydroxylation is 2. The van der Waals surface area contributed by atoms with Gasteiger partial charge in [0.2, 0.25) is 10.0 Å². The van der Waals surface area contributed by atoms with Gasteiger partial charge in [-0.15, -0.1) is 0 Å². The second-order valence-corrected chi connectivity index (χ2v) is 9.01. The molecule has 0 fully saturated rings. The van der Waals surface area contributed by atoms with E-state index < -0.39 is 10.0 Å². The van der Waals surface area contributed by atoms with Crippen LogP contribution in [0.1, 0.15) is 22.5 Å². The highest BCUT2D eigenvalue weighted by molar-refractivity contribution is 7.89. The maximum Gasteiger partial charge on any atom is 0.240 e. The molecule has 5 nitrogen and oxygen atoms in total. The topological polar surface area (TPSA) is 64.0 Å². The molecule has 0 aliphatic carbocycles. The highest BCUT2D eigenvalue weighted by Crippen LogP contribution is 2.19. The van der Waals surface area contributed by atoms with Crippen LogP contribution in [0.4, 0.5) is 0 Å². The summed E-state index contributed by atoms with van der Waals surface area (Å²) in [4.78, 5) is 0.273. The van der Waals surface area contributed by atoms with Crippen molar-refractivity contribution < 1.29 is 8.42 Å². The molecule has 4 rings (SSSR count). The Morgan fingerprint density at radius 2 is 1.62 bits per heavy atom. The number of aromatic nitrogens is 2. The Balaban J connectivity index is 1.49. The minimum atomic E-state index is -3.59. The number of sulfonamides is 1. The van der Waals surface area contributed by atoms with Crippen molar-refractivity contribution in [1.82, 2.24) is 14.5 Å². The maximum absolute atomic E-state index is 12.7. The molecule has 0 radical (unpaired) electrons. The molecule has 3 aromatic carbocycles. The zero-order valence-corrected chi connectivity index (χ0v) is 17.3. The van der Waals surface area contributed by atoms with Crippen LogP contribution in [-0.4, -0.2) is 18.2 Å². The molecule has 0 amide bonds. The SMILES string of the molecule is Cc1cc(C)n(Cc2cccc(CNS(=O)(=O)c3ccc4ccccc4c3)c2)n1. The minimum Gasteiger partial charge on any atom is -0.265 e. The van der Waals surface area contributed by atoms with Gasteiger partial charge in [-0.1, -0.05) is 54.6 Å². The summed E-state index contributed by atoms with van der Waals surface area (Å²) in [5.41, 5.74) is 4.08. The van der Waals surface area contributed by atoms with Crippen LogP contribution in [0.15, 0.2) is 77.7 Å². The third kappa shape index (κ3) is 4.39. The lowest BCUT2D eigenvalue weighted by atomic mass is 10.1. The van der Waals surface area contributed by atoms with Crippen molar-refractivity contribution in [2.45, 2.75) is 31.8 Å². The van der Waals surface area contributed by atoms with E-state index in [4.69, 9.17) is 0 Å². The number of nitrogens with one attached hydrogen (secondary N) is 1. The van der Waals surface area contributed by atoms with Gasteiger partial charge in [-0.3, -0.25) is 4.68 Å². The monoisotopic (exact) mass is 405 g/mol. The lowest BCUT2D eigenvalue weighted by molar-refractivity contribution is 0.581. The molecule has 0 saturated carbocycles. The average molecular weight is 406 g/mol. The minimum absolute atomic E-state index is 0.236. The van der Waals surface area contributed by atoms with Crippen LogP contribution >= 0.6 is 0 Å². The van der Waals surface area contributed by atoms with Crippen LogP contribution < -0.4 is 4.72 Å². The zero-order valence-electron chi connectivity index (χ0n) is 16.5. The summed E-state index contributed by atoms with van der Waals surface area (Å²) in [5.74, 6) is 0. The van der Waals surface area contributed by atoms with Gasteiger partial charge < -0.3 is 0 Å². The average Bonchev–Trinajstić information content (AvgIpc) is 3.03. The Kier molecular flexibility index (Phi) is 5.22. The summed E-state index contributed by atoms with van der Waals surface area (Å²) in [7, 11) is -3.59. The third-order valence-corrected chi connectivity index (χ3v) is 6.32. The van der Waals surface area contributed by atoms with Crippen molar-refractivity contribution in [2.75, 3.05) is 0 Å². The van der Waals surface area contributed by atoms with Crippen molar-refractivity contribution in [3.05, 3.63) is 95.3 Å². The molecule has 1 heterocycles. The van der Waals surface area contributed by atoms with Gasteiger partial charge in [0.05, 0.1) is 17.1 Å². The molecular weight excluding hydrogens is 382 g/mol. The summed E-state index contributed by atoms with van der Waals surface area (Å²) >= 11 is 0. The molecule has 29 heavy (non-hydrogen) atoms. The molecule has 148 valence electrons. The number of benzene rings is 3. The van der Waals surface area contributed by atoms with E-state index in [0.29, 0.717) is 6.54 Å². The highest BCUT2D eigenvalue weighted by atomic mass is 32.2. The van der Waals surface area contributed by atoms with Gasteiger partial charge >= 0.3 is 0 Å². The van der Waals surface area contributed by atoms with Crippen molar-refractivity contribution in [3.63, 3.8) is 0 Å². The van der Waals surface area contributed by atoms with Gasteiger partial charge in [0.15, 0.2) is 0 Å². The Morgan fingerprint density at radius 1 is 0.862 bits per heavy atom. The first-order chi connectivity index (χ1) is 13.9. The van der Waals surface area contributed by atoms with E-state index in [9.17, 15) is 8.42 Å². The van der Waals surface area contributed by atoms with Crippen LogP contribution in [0.2, 0.25) is 0 Å². The maximum atomic E-state index is 12.7. The smallest absolute Gasteiger partial charge is 0.240 e. The van der Waals surface area contributed by atoms with Gasteiger partial charge in [-0.05, 0) is 53.9 Å². The van der Waals surface area contributed by atoms with Crippen LogP contribution in [0.3, 0.4) is 0 Å². The first-order valence-corrected chi connectivity index (χ1v) is 11.0. The van der Waals surface area contributed by atoms with Gasteiger partial charge in [0.1, 0.15) is 0 Å². The Morgan fingerprint density at radius 3 is 2.38 bits per heavy atom. The van der Waals surface area contributed by atoms with E-state index in [2.05, 4.69) is 9.82 Å². The Hall–Kier alpha value is -2.96. The first-order valence-electron chi connectivity index (χ1n) is 9.48. The van der Waals surface area contributed by atoms with E-state index in [1.165, 1.54) is 0 Å². The molecule has 0 saturated heterocycles. The molecule has 6 heteroatoms. The van der Waals surface area contributed by atoms with Crippen LogP contribution in [0.5, 0.6) is 0 Å². The third-order valence-electron chi connectivity index (χ3n) is 4.92. The van der Waals surface area contributed by atoms with E-state index >= 15 is 0 Å². The van der Waals surface area contributed by atoms with Gasteiger partial charge in [0.25, 0.3) is 0 Å².